The van der Waals surface area contributed by atoms with Gasteiger partial charge in [-0.3, -0.25) is 4.79 Å². The molecule has 1 saturated heterocycles. The molecule has 1 aliphatic rings. The minimum Gasteiger partial charge on any atom is -0.341 e. The average molecular weight is 381 g/mol. The molecule has 1 fully saturated rings. The second-order valence-corrected chi connectivity index (χ2v) is 8.75. The molecule has 1 aliphatic heterocycles. The van der Waals surface area contributed by atoms with Crippen molar-refractivity contribution in [2.75, 3.05) is 31.9 Å². The zero-order chi connectivity index (χ0) is 17.9. The van der Waals surface area contributed by atoms with E-state index in [0.717, 1.165) is 30.3 Å². The highest BCUT2D eigenvalue weighted by molar-refractivity contribution is 7.91. The molecule has 7 heteroatoms. The fourth-order valence-electron chi connectivity index (χ4n) is 2.98. The number of hydrogen-bond acceptors (Lipinski definition) is 4. The summed E-state index contributed by atoms with van der Waals surface area (Å²) in [5.74, 6) is -0.269. The maximum Gasteiger partial charge on any atom is 0.223 e. The number of nitrogens with one attached hydrogen (secondary N) is 1. The first-order valence-corrected chi connectivity index (χ1v) is 10.4. The van der Waals surface area contributed by atoms with Gasteiger partial charge >= 0.3 is 0 Å². The fourth-order valence-corrected chi connectivity index (χ4v) is 4.42. The number of nitrogens with zero attached hydrogens (tertiary/aromatic N) is 1. The van der Waals surface area contributed by atoms with Gasteiger partial charge in [0.25, 0.3) is 0 Å². The smallest absolute Gasteiger partial charge is 0.223 e. The summed E-state index contributed by atoms with van der Waals surface area (Å²) < 4.78 is 25.2. The Kier molecular flexibility index (Phi) is 5.61. The minimum absolute atomic E-state index is 0.0149. The van der Waals surface area contributed by atoms with Gasteiger partial charge < -0.3 is 10.2 Å². The van der Waals surface area contributed by atoms with E-state index in [0.29, 0.717) is 18.1 Å². The predicted molar refractivity (Wildman–Crippen MR) is 99.7 cm³/mol. The highest BCUT2D eigenvalue weighted by Crippen LogP contribution is 2.23. The zero-order valence-electron chi connectivity index (χ0n) is 13.9. The van der Waals surface area contributed by atoms with E-state index in [1.54, 1.807) is 41.3 Å². The van der Waals surface area contributed by atoms with E-state index in [-0.39, 0.29) is 23.0 Å². The molecule has 25 heavy (non-hydrogen) atoms. The van der Waals surface area contributed by atoms with Crippen molar-refractivity contribution in [1.82, 2.24) is 10.2 Å². The minimum atomic E-state index is -3.50. The van der Waals surface area contributed by atoms with Gasteiger partial charge in [0.2, 0.25) is 5.91 Å². The maximum absolute atomic E-state index is 12.6. The normalized spacial score (nSPS) is 16.0. The maximum atomic E-state index is 12.6. The molecule has 0 saturated carbocycles. The first kappa shape index (κ1) is 18.2. The number of halogens is 1. The van der Waals surface area contributed by atoms with E-state index in [1.165, 1.54) is 0 Å². The summed E-state index contributed by atoms with van der Waals surface area (Å²) >= 11 is 5.95. The summed E-state index contributed by atoms with van der Waals surface area (Å²) in [7, 11) is -3.50. The van der Waals surface area contributed by atoms with Crippen molar-refractivity contribution < 1.29 is 13.2 Å². The SMILES string of the molecule is O=C(CCS(=O)(=O)c1ccc2cc(Cl)ccc2c1)N1CCCNCC1. The third-order valence-electron chi connectivity index (χ3n) is 4.41. The number of fused-ring (bicyclic) bond motifs is 1. The number of rotatable bonds is 4. The third-order valence-corrected chi connectivity index (χ3v) is 6.36. The lowest BCUT2D eigenvalue weighted by atomic mass is 10.1. The van der Waals surface area contributed by atoms with Gasteiger partial charge in [0.15, 0.2) is 9.84 Å². The van der Waals surface area contributed by atoms with Crippen molar-refractivity contribution in [2.24, 2.45) is 0 Å². The topological polar surface area (TPSA) is 66.5 Å². The molecule has 1 N–H and O–H groups in total. The van der Waals surface area contributed by atoms with E-state index >= 15 is 0 Å². The van der Waals surface area contributed by atoms with Crippen LogP contribution in [0.25, 0.3) is 10.8 Å². The molecule has 0 unspecified atom stereocenters. The highest BCUT2D eigenvalue weighted by Gasteiger charge is 2.20. The molecule has 134 valence electrons. The zero-order valence-corrected chi connectivity index (χ0v) is 15.4. The summed E-state index contributed by atoms with van der Waals surface area (Å²) in [6, 6.07) is 10.3. The quantitative estimate of drug-likeness (QED) is 0.884. The summed E-state index contributed by atoms with van der Waals surface area (Å²) in [6.07, 6.45) is 0.909. The number of carbonyl (C=O) groups excluding carboxylic acids is 1. The lowest BCUT2D eigenvalue weighted by Crippen LogP contribution is -2.35. The molecule has 2 aromatic carbocycles. The van der Waals surface area contributed by atoms with Crippen LogP contribution < -0.4 is 5.32 Å². The van der Waals surface area contributed by atoms with Crippen LogP contribution >= 0.6 is 11.6 Å². The van der Waals surface area contributed by atoms with Crippen LogP contribution in [0, 0.1) is 0 Å². The Labute approximate surface area is 152 Å². The number of amides is 1. The molecule has 1 amide bonds. The van der Waals surface area contributed by atoms with Gasteiger partial charge in [-0.2, -0.15) is 0 Å². The molecule has 5 nitrogen and oxygen atoms in total. The average Bonchev–Trinajstić information content (AvgIpc) is 2.88. The molecule has 0 aromatic heterocycles. The molecule has 2 aromatic rings. The van der Waals surface area contributed by atoms with Crippen LogP contribution in [0.5, 0.6) is 0 Å². The Morgan fingerprint density at radius 2 is 1.84 bits per heavy atom. The van der Waals surface area contributed by atoms with Crippen molar-refractivity contribution in [3.05, 3.63) is 41.4 Å². The third kappa shape index (κ3) is 4.51. The second-order valence-electron chi connectivity index (χ2n) is 6.21. The van der Waals surface area contributed by atoms with E-state index in [4.69, 9.17) is 11.6 Å². The fraction of sp³-hybridized carbons (Fsp3) is 0.389. The second kappa shape index (κ2) is 7.72. The van der Waals surface area contributed by atoms with Gasteiger partial charge in [0.1, 0.15) is 0 Å². The summed E-state index contributed by atoms with van der Waals surface area (Å²) in [5, 5.41) is 5.55. The number of hydrogen-bond donors (Lipinski definition) is 1. The Morgan fingerprint density at radius 3 is 2.68 bits per heavy atom. The van der Waals surface area contributed by atoms with Crippen LogP contribution in [0.4, 0.5) is 0 Å². The van der Waals surface area contributed by atoms with Gasteiger partial charge in [-0.1, -0.05) is 23.7 Å². The van der Waals surface area contributed by atoms with Crippen LogP contribution in [0.2, 0.25) is 5.02 Å². The molecule has 0 aliphatic carbocycles. The van der Waals surface area contributed by atoms with Gasteiger partial charge in [0, 0.05) is 31.1 Å². The first-order valence-electron chi connectivity index (χ1n) is 8.36. The Hall–Kier alpha value is -1.63. The summed E-state index contributed by atoms with van der Waals surface area (Å²) in [6.45, 7) is 2.97. The number of sulfone groups is 1. The summed E-state index contributed by atoms with van der Waals surface area (Å²) in [4.78, 5) is 14.3. The Balaban J connectivity index is 1.71. The number of carbonyl (C=O) groups is 1. The number of benzene rings is 2. The molecule has 1 heterocycles. The van der Waals surface area contributed by atoms with Crippen molar-refractivity contribution in [1.29, 1.82) is 0 Å². The van der Waals surface area contributed by atoms with E-state index in [1.807, 2.05) is 0 Å². The molecular formula is C18H21ClN2O3S. The molecule has 0 atom stereocenters. The predicted octanol–water partition coefficient (Wildman–Crippen LogP) is 2.48. The van der Waals surface area contributed by atoms with Gasteiger partial charge in [0.05, 0.1) is 10.6 Å². The lowest BCUT2D eigenvalue weighted by Gasteiger charge is -2.19. The van der Waals surface area contributed by atoms with Gasteiger partial charge in [-0.25, -0.2) is 8.42 Å². The van der Waals surface area contributed by atoms with Crippen molar-refractivity contribution in [3.63, 3.8) is 0 Å². The van der Waals surface area contributed by atoms with Crippen LogP contribution in [-0.2, 0) is 14.6 Å². The van der Waals surface area contributed by atoms with E-state index in [2.05, 4.69) is 5.32 Å². The van der Waals surface area contributed by atoms with E-state index < -0.39 is 9.84 Å². The molecule has 0 spiro atoms. The molecular weight excluding hydrogens is 360 g/mol. The molecule has 3 rings (SSSR count). The van der Waals surface area contributed by atoms with Crippen LogP contribution in [0.3, 0.4) is 0 Å². The van der Waals surface area contributed by atoms with Crippen molar-refractivity contribution in [2.45, 2.75) is 17.7 Å². The monoisotopic (exact) mass is 380 g/mol. The highest BCUT2D eigenvalue weighted by atomic mass is 35.5. The summed E-state index contributed by atoms with van der Waals surface area (Å²) in [5.41, 5.74) is 0. The van der Waals surface area contributed by atoms with Crippen molar-refractivity contribution in [3.8, 4) is 0 Å². The first-order chi connectivity index (χ1) is 12.0. The standard InChI is InChI=1S/C18H21ClN2O3S/c19-16-4-2-15-13-17(5-3-14(15)12-16)25(23,24)11-6-18(22)21-9-1-7-20-8-10-21/h2-5,12-13,20H,1,6-11H2. The van der Waals surface area contributed by atoms with Crippen LogP contribution in [0.15, 0.2) is 41.3 Å². The lowest BCUT2D eigenvalue weighted by molar-refractivity contribution is -0.130. The van der Waals surface area contributed by atoms with Crippen LogP contribution in [-0.4, -0.2) is 51.2 Å². The van der Waals surface area contributed by atoms with E-state index in [9.17, 15) is 13.2 Å². The van der Waals surface area contributed by atoms with Crippen molar-refractivity contribution >= 4 is 38.1 Å². The molecule has 0 bridgehead atoms. The van der Waals surface area contributed by atoms with Crippen LogP contribution in [0.1, 0.15) is 12.8 Å². The molecule has 0 radical (unpaired) electrons. The Morgan fingerprint density at radius 1 is 1.08 bits per heavy atom. The Bertz CT molecular complexity index is 875. The largest absolute Gasteiger partial charge is 0.341 e. The van der Waals surface area contributed by atoms with Gasteiger partial charge in [-0.05, 0) is 48.0 Å². The van der Waals surface area contributed by atoms with Gasteiger partial charge in [-0.15, -0.1) is 0 Å².